The molecular formula is C26H35N5O3S. The summed E-state index contributed by atoms with van der Waals surface area (Å²) in [6, 6.07) is 10.2. The molecule has 0 amide bonds. The Kier molecular flexibility index (Phi) is 6.35. The van der Waals surface area contributed by atoms with Crippen LogP contribution in [0.3, 0.4) is 0 Å². The SMILES string of the molecule is CC[C@H]1COCCN1c1cc(C2(S(C)(=O)=O)CCN(C)CC2)cc(-c2ccc3[nH]c(C)cc3n2)n1. The highest BCUT2D eigenvalue weighted by atomic mass is 32.2. The molecule has 2 aliphatic rings. The van der Waals surface area contributed by atoms with Gasteiger partial charge in [0, 0.05) is 18.5 Å². The fraction of sp³-hybridized carbons (Fsp3) is 0.538. The summed E-state index contributed by atoms with van der Waals surface area (Å²) in [6.07, 6.45) is 3.44. The van der Waals surface area contributed by atoms with E-state index >= 15 is 0 Å². The molecule has 0 unspecified atom stereocenters. The van der Waals surface area contributed by atoms with Crippen LogP contribution in [0, 0.1) is 6.92 Å². The summed E-state index contributed by atoms with van der Waals surface area (Å²) < 4.78 is 31.5. The number of likely N-dealkylation sites (tertiary alicyclic amines) is 1. The molecule has 9 heteroatoms. The summed E-state index contributed by atoms with van der Waals surface area (Å²) in [7, 11) is -1.34. The number of pyridine rings is 2. The maximum atomic E-state index is 13.4. The lowest BCUT2D eigenvalue weighted by Crippen LogP contribution is -2.47. The second-order valence-electron chi connectivity index (χ2n) is 10.1. The van der Waals surface area contributed by atoms with Crippen LogP contribution in [0.1, 0.15) is 37.4 Å². The number of hydrogen-bond acceptors (Lipinski definition) is 7. The molecule has 0 radical (unpaired) electrons. The number of rotatable bonds is 5. The second-order valence-corrected chi connectivity index (χ2v) is 12.4. The van der Waals surface area contributed by atoms with Crippen LogP contribution < -0.4 is 4.90 Å². The fourth-order valence-corrected chi connectivity index (χ4v) is 6.96. The predicted octanol–water partition coefficient (Wildman–Crippen LogP) is 3.51. The van der Waals surface area contributed by atoms with Crippen molar-refractivity contribution in [2.75, 3.05) is 51.1 Å². The molecule has 8 nitrogen and oxygen atoms in total. The number of sulfone groups is 1. The van der Waals surface area contributed by atoms with Crippen molar-refractivity contribution in [2.24, 2.45) is 0 Å². The van der Waals surface area contributed by atoms with Crippen LogP contribution in [0.25, 0.3) is 22.4 Å². The number of nitrogens with one attached hydrogen (secondary N) is 1. The molecule has 3 aromatic heterocycles. The minimum atomic E-state index is -3.38. The van der Waals surface area contributed by atoms with E-state index in [4.69, 9.17) is 14.7 Å². The van der Waals surface area contributed by atoms with Crippen LogP contribution in [-0.4, -0.2) is 80.5 Å². The van der Waals surface area contributed by atoms with Gasteiger partial charge in [-0.25, -0.2) is 18.4 Å². The third kappa shape index (κ3) is 4.45. The number of aryl methyl sites for hydroxylation is 1. The minimum absolute atomic E-state index is 0.203. The van der Waals surface area contributed by atoms with Crippen molar-refractivity contribution in [3.05, 3.63) is 41.6 Å². The molecule has 2 saturated heterocycles. The van der Waals surface area contributed by atoms with Crippen molar-refractivity contribution in [3.8, 4) is 11.4 Å². The number of anilines is 1. The Morgan fingerprint density at radius 2 is 1.89 bits per heavy atom. The first-order valence-electron chi connectivity index (χ1n) is 12.4. The van der Waals surface area contributed by atoms with Crippen LogP contribution in [0.5, 0.6) is 0 Å². The Labute approximate surface area is 207 Å². The zero-order chi connectivity index (χ0) is 24.8. The molecule has 0 aliphatic carbocycles. The molecule has 0 saturated carbocycles. The smallest absolute Gasteiger partial charge is 0.157 e. The molecule has 1 N–H and O–H groups in total. The first-order valence-corrected chi connectivity index (χ1v) is 14.3. The number of hydrogen-bond donors (Lipinski definition) is 1. The number of nitrogens with zero attached hydrogens (tertiary/aromatic N) is 4. The van der Waals surface area contributed by atoms with Gasteiger partial charge in [-0.05, 0) is 82.2 Å². The molecule has 2 aliphatic heterocycles. The van der Waals surface area contributed by atoms with Crippen LogP contribution in [0.2, 0.25) is 0 Å². The van der Waals surface area contributed by atoms with Crippen molar-refractivity contribution in [1.29, 1.82) is 0 Å². The Balaban J connectivity index is 1.70. The molecule has 5 rings (SSSR count). The van der Waals surface area contributed by atoms with Gasteiger partial charge in [0.2, 0.25) is 0 Å². The van der Waals surface area contributed by atoms with E-state index in [-0.39, 0.29) is 6.04 Å². The molecule has 0 spiro atoms. The highest BCUT2D eigenvalue weighted by molar-refractivity contribution is 7.91. The Bertz CT molecular complexity index is 1330. The number of fused-ring (bicyclic) bond motifs is 1. The molecule has 5 heterocycles. The lowest BCUT2D eigenvalue weighted by Gasteiger charge is -2.41. The van der Waals surface area contributed by atoms with E-state index in [1.165, 1.54) is 6.26 Å². The highest BCUT2D eigenvalue weighted by Crippen LogP contribution is 2.42. The zero-order valence-corrected chi connectivity index (χ0v) is 21.9. The number of H-pyrrole nitrogens is 1. The van der Waals surface area contributed by atoms with Gasteiger partial charge in [-0.1, -0.05) is 6.92 Å². The molecule has 3 aromatic rings. The van der Waals surface area contributed by atoms with Gasteiger partial charge in [0.05, 0.1) is 46.4 Å². The molecule has 0 aromatic carbocycles. The Morgan fingerprint density at radius 1 is 1.11 bits per heavy atom. The van der Waals surface area contributed by atoms with Gasteiger partial charge in [0.15, 0.2) is 9.84 Å². The largest absolute Gasteiger partial charge is 0.377 e. The highest BCUT2D eigenvalue weighted by Gasteiger charge is 2.45. The van der Waals surface area contributed by atoms with E-state index < -0.39 is 14.6 Å². The maximum Gasteiger partial charge on any atom is 0.157 e. The number of piperidine rings is 1. The predicted molar refractivity (Wildman–Crippen MR) is 140 cm³/mol. The average Bonchev–Trinajstić information content (AvgIpc) is 3.22. The van der Waals surface area contributed by atoms with E-state index in [0.29, 0.717) is 31.7 Å². The third-order valence-electron chi connectivity index (χ3n) is 7.71. The molecule has 2 fully saturated rings. The fourth-order valence-electron chi connectivity index (χ4n) is 5.49. The van der Waals surface area contributed by atoms with Gasteiger partial charge in [-0.3, -0.25) is 0 Å². The van der Waals surface area contributed by atoms with E-state index in [2.05, 4.69) is 21.7 Å². The molecule has 1 atom stereocenters. The average molecular weight is 498 g/mol. The number of aromatic amines is 1. The molecule has 35 heavy (non-hydrogen) atoms. The summed E-state index contributed by atoms with van der Waals surface area (Å²) in [4.78, 5) is 17.7. The van der Waals surface area contributed by atoms with Gasteiger partial charge in [-0.15, -0.1) is 0 Å². The quantitative estimate of drug-likeness (QED) is 0.577. The van der Waals surface area contributed by atoms with Gasteiger partial charge in [0.1, 0.15) is 5.82 Å². The van der Waals surface area contributed by atoms with Crippen molar-refractivity contribution < 1.29 is 13.2 Å². The van der Waals surface area contributed by atoms with Crippen molar-refractivity contribution in [3.63, 3.8) is 0 Å². The third-order valence-corrected chi connectivity index (χ3v) is 9.77. The maximum absolute atomic E-state index is 13.4. The van der Waals surface area contributed by atoms with Crippen LogP contribution in [0.15, 0.2) is 30.3 Å². The summed E-state index contributed by atoms with van der Waals surface area (Å²) in [6.45, 7) is 7.64. The number of aromatic nitrogens is 3. The van der Waals surface area contributed by atoms with Gasteiger partial charge >= 0.3 is 0 Å². The summed E-state index contributed by atoms with van der Waals surface area (Å²) in [5.41, 5.74) is 5.18. The summed E-state index contributed by atoms with van der Waals surface area (Å²) in [5.74, 6) is 0.807. The van der Waals surface area contributed by atoms with Gasteiger partial charge in [-0.2, -0.15) is 0 Å². The standard InChI is InChI=1S/C26H35N5O3S/c1-5-20-17-34-13-12-31(20)25-16-19(26(35(4,32)33)8-10-30(3)11-9-26)15-24(29-25)22-7-6-21-23(28-22)14-18(2)27-21/h6-7,14-16,20,27H,5,8-13,17H2,1-4H3/t20-/m0/s1. The van der Waals surface area contributed by atoms with Crippen molar-refractivity contribution in [2.45, 2.75) is 43.9 Å². The number of ether oxygens (including phenoxy) is 1. The summed E-state index contributed by atoms with van der Waals surface area (Å²) in [5, 5.41) is 0. The zero-order valence-electron chi connectivity index (χ0n) is 21.0. The molecule has 188 valence electrons. The first kappa shape index (κ1) is 24.2. The lowest BCUT2D eigenvalue weighted by atomic mass is 9.88. The van der Waals surface area contributed by atoms with Crippen LogP contribution in [0.4, 0.5) is 5.82 Å². The summed E-state index contributed by atoms with van der Waals surface area (Å²) >= 11 is 0. The minimum Gasteiger partial charge on any atom is -0.377 e. The second kappa shape index (κ2) is 9.19. The van der Waals surface area contributed by atoms with E-state index in [0.717, 1.165) is 59.9 Å². The Hall–Kier alpha value is -2.49. The lowest BCUT2D eigenvalue weighted by molar-refractivity contribution is 0.0925. The van der Waals surface area contributed by atoms with Crippen LogP contribution in [-0.2, 0) is 19.3 Å². The molecule has 0 bridgehead atoms. The normalized spacial score (nSPS) is 21.5. The van der Waals surface area contributed by atoms with E-state index in [1.807, 2.05) is 44.3 Å². The monoisotopic (exact) mass is 497 g/mol. The van der Waals surface area contributed by atoms with E-state index in [1.54, 1.807) is 0 Å². The van der Waals surface area contributed by atoms with Crippen molar-refractivity contribution >= 4 is 26.7 Å². The topological polar surface area (TPSA) is 91.4 Å². The van der Waals surface area contributed by atoms with Crippen molar-refractivity contribution in [1.82, 2.24) is 19.9 Å². The van der Waals surface area contributed by atoms with Gasteiger partial charge in [0.25, 0.3) is 0 Å². The number of morpholine rings is 1. The first-order chi connectivity index (χ1) is 16.7. The van der Waals surface area contributed by atoms with Crippen LogP contribution >= 0.6 is 0 Å². The molecular weight excluding hydrogens is 462 g/mol. The van der Waals surface area contributed by atoms with Gasteiger partial charge < -0.3 is 19.5 Å². The van der Waals surface area contributed by atoms with E-state index in [9.17, 15) is 8.42 Å². The Morgan fingerprint density at radius 3 is 2.60 bits per heavy atom.